The zero-order chi connectivity index (χ0) is 18.8. The molecule has 0 atom stereocenters. The Hall–Kier alpha value is -2.99. The Morgan fingerprint density at radius 3 is 2.78 bits per heavy atom. The molecule has 1 N–H and O–H groups in total. The van der Waals surface area contributed by atoms with Crippen LogP contribution in [0.4, 0.5) is 5.69 Å². The fraction of sp³-hybridized carbons (Fsp3) is 0.143. The van der Waals surface area contributed by atoms with Gasteiger partial charge in [-0.05, 0) is 66.7 Å². The number of amidine groups is 1. The summed E-state index contributed by atoms with van der Waals surface area (Å²) >= 11 is 1.35. The average Bonchev–Trinajstić information content (AvgIpc) is 2.97. The molecule has 4 rings (SSSR count). The Morgan fingerprint density at radius 2 is 2.00 bits per heavy atom. The summed E-state index contributed by atoms with van der Waals surface area (Å²) in [5.74, 6) is 0.987. The Bertz CT molecular complexity index is 977. The van der Waals surface area contributed by atoms with Crippen LogP contribution in [0.1, 0.15) is 12.5 Å². The minimum Gasteiger partial charge on any atom is -0.508 e. The van der Waals surface area contributed by atoms with Crippen LogP contribution in [-0.2, 0) is 4.79 Å². The Labute approximate surface area is 161 Å². The molecule has 2 aliphatic heterocycles. The van der Waals surface area contributed by atoms with Crippen LogP contribution in [0.25, 0.3) is 6.08 Å². The third-order valence-corrected chi connectivity index (χ3v) is 5.26. The lowest BCUT2D eigenvalue weighted by atomic mass is 10.1. The summed E-state index contributed by atoms with van der Waals surface area (Å²) in [5.41, 5.74) is 2.65. The highest BCUT2D eigenvalue weighted by molar-refractivity contribution is 8.18. The molecule has 0 unspecified atom stereocenters. The van der Waals surface area contributed by atoms with Gasteiger partial charge in [0.05, 0.1) is 10.6 Å². The van der Waals surface area contributed by atoms with Crippen molar-refractivity contribution in [1.29, 1.82) is 0 Å². The number of amides is 1. The van der Waals surface area contributed by atoms with Crippen molar-refractivity contribution in [2.24, 2.45) is 4.99 Å². The van der Waals surface area contributed by atoms with Gasteiger partial charge in [-0.1, -0.05) is 18.2 Å². The molecule has 0 bridgehead atoms. The van der Waals surface area contributed by atoms with E-state index in [4.69, 9.17) is 4.74 Å². The molecule has 0 aliphatic carbocycles. The lowest BCUT2D eigenvalue weighted by molar-refractivity contribution is -0.122. The van der Waals surface area contributed by atoms with Gasteiger partial charge in [0.2, 0.25) is 0 Å². The van der Waals surface area contributed by atoms with E-state index in [0.29, 0.717) is 28.9 Å². The monoisotopic (exact) mass is 378 g/mol. The van der Waals surface area contributed by atoms with E-state index in [1.807, 2.05) is 43.3 Å². The molecule has 0 spiro atoms. The molecule has 2 aromatic carbocycles. The number of hydrogen-bond donors (Lipinski definition) is 1. The van der Waals surface area contributed by atoms with E-state index >= 15 is 0 Å². The van der Waals surface area contributed by atoms with Crippen molar-refractivity contribution in [2.75, 3.05) is 13.2 Å². The number of para-hydroxylation sites is 1. The number of aromatic hydroxyl groups is 1. The van der Waals surface area contributed by atoms with Crippen molar-refractivity contribution in [3.05, 3.63) is 70.6 Å². The van der Waals surface area contributed by atoms with E-state index in [0.717, 1.165) is 16.9 Å². The Balaban J connectivity index is 1.63. The lowest BCUT2D eigenvalue weighted by Crippen LogP contribution is -2.28. The quantitative estimate of drug-likeness (QED) is 0.808. The number of fused-ring (bicyclic) bond motifs is 1. The van der Waals surface area contributed by atoms with E-state index in [1.54, 1.807) is 29.2 Å². The largest absolute Gasteiger partial charge is 0.508 e. The Morgan fingerprint density at radius 1 is 1.22 bits per heavy atom. The number of nitrogens with zero attached hydrogens (tertiary/aromatic N) is 2. The molecule has 0 radical (unpaired) electrons. The predicted octanol–water partition coefficient (Wildman–Crippen LogP) is 4.33. The number of carbonyl (C=O) groups is 1. The van der Waals surface area contributed by atoms with Gasteiger partial charge in [0.25, 0.3) is 5.91 Å². The molecule has 1 saturated heterocycles. The zero-order valence-electron chi connectivity index (χ0n) is 14.8. The second-order valence-electron chi connectivity index (χ2n) is 6.12. The van der Waals surface area contributed by atoms with Crippen LogP contribution in [0.5, 0.6) is 11.5 Å². The zero-order valence-corrected chi connectivity index (χ0v) is 15.6. The molecule has 1 amide bonds. The molecule has 27 heavy (non-hydrogen) atoms. The second-order valence-corrected chi connectivity index (χ2v) is 7.13. The van der Waals surface area contributed by atoms with Crippen molar-refractivity contribution in [3.8, 4) is 11.5 Å². The molecule has 0 saturated carbocycles. The van der Waals surface area contributed by atoms with Crippen LogP contribution in [0.15, 0.2) is 70.1 Å². The summed E-state index contributed by atoms with van der Waals surface area (Å²) in [4.78, 5) is 19.6. The van der Waals surface area contributed by atoms with Gasteiger partial charge in [0.1, 0.15) is 18.1 Å². The van der Waals surface area contributed by atoms with E-state index in [1.165, 1.54) is 11.8 Å². The third kappa shape index (κ3) is 3.61. The fourth-order valence-electron chi connectivity index (χ4n) is 2.89. The van der Waals surface area contributed by atoms with E-state index in [2.05, 4.69) is 4.99 Å². The molecule has 0 aromatic heterocycles. The number of likely N-dealkylation sites (N-methyl/N-ethyl adjacent to an activating group) is 1. The van der Waals surface area contributed by atoms with Gasteiger partial charge in [-0.2, -0.15) is 0 Å². The third-order valence-electron chi connectivity index (χ3n) is 4.25. The normalized spacial score (nSPS) is 19.2. The molecule has 2 heterocycles. The van der Waals surface area contributed by atoms with E-state index in [9.17, 15) is 9.90 Å². The summed E-state index contributed by atoms with van der Waals surface area (Å²) < 4.78 is 5.77. The maximum Gasteiger partial charge on any atom is 0.266 e. The van der Waals surface area contributed by atoms with Crippen LogP contribution in [-0.4, -0.2) is 34.2 Å². The number of phenolic OH excluding ortho intramolecular Hbond substituents is 1. The molecule has 2 aliphatic rings. The minimum absolute atomic E-state index is 0.0558. The minimum atomic E-state index is -0.0558. The number of carbonyl (C=O) groups excluding carboxylic acids is 1. The van der Waals surface area contributed by atoms with Crippen molar-refractivity contribution >= 4 is 34.6 Å². The van der Waals surface area contributed by atoms with Gasteiger partial charge >= 0.3 is 0 Å². The molecular weight excluding hydrogens is 360 g/mol. The molecular formula is C21H18N2O3S. The molecule has 5 nitrogen and oxygen atoms in total. The van der Waals surface area contributed by atoms with Crippen LogP contribution in [0, 0.1) is 0 Å². The van der Waals surface area contributed by atoms with Crippen LogP contribution >= 0.6 is 11.8 Å². The smallest absolute Gasteiger partial charge is 0.266 e. The summed E-state index contributed by atoms with van der Waals surface area (Å²) in [6.07, 6.45) is 3.93. The number of phenols is 1. The Kier molecular flexibility index (Phi) is 4.73. The van der Waals surface area contributed by atoms with Crippen molar-refractivity contribution in [3.63, 3.8) is 0 Å². The molecule has 2 aromatic rings. The first-order valence-corrected chi connectivity index (χ1v) is 9.47. The first-order chi connectivity index (χ1) is 13.1. The van der Waals surface area contributed by atoms with Crippen LogP contribution in [0.3, 0.4) is 0 Å². The second kappa shape index (κ2) is 7.32. The van der Waals surface area contributed by atoms with Crippen LogP contribution in [0.2, 0.25) is 0 Å². The summed E-state index contributed by atoms with van der Waals surface area (Å²) in [7, 11) is 0. The topological polar surface area (TPSA) is 62.1 Å². The van der Waals surface area contributed by atoms with Gasteiger partial charge in [0.15, 0.2) is 5.17 Å². The summed E-state index contributed by atoms with van der Waals surface area (Å²) in [6, 6.07) is 14.4. The summed E-state index contributed by atoms with van der Waals surface area (Å²) in [6.45, 7) is 2.90. The van der Waals surface area contributed by atoms with Crippen molar-refractivity contribution < 1.29 is 14.6 Å². The molecule has 1 fully saturated rings. The highest BCUT2D eigenvalue weighted by atomic mass is 32.2. The standard InChI is InChI=1S/C21H18N2O3S/c1-2-23-20(25)19(27-21(23)22-16-7-9-17(24)10-8-16)12-14-11-15-5-3-4-6-18(15)26-13-14/h3-12,24H,2,13H2,1H3/b19-12-,22-21?. The number of benzene rings is 2. The predicted molar refractivity (Wildman–Crippen MR) is 108 cm³/mol. The maximum absolute atomic E-state index is 12.8. The van der Waals surface area contributed by atoms with Gasteiger partial charge in [-0.15, -0.1) is 0 Å². The van der Waals surface area contributed by atoms with E-state index < -0.39 is 0 Å². The number of ether oxygens (including phenoxy) is 1. The van der Waals surface area contributed by atoms with Gasteiger partial charge < -0.3 is 9.84 Å². The fourth-order valence-corrected chi connectivity index (χ4v) is 3.97. The summed E-state index contributed by atoms with van der Waals surface area (Å²) in [5, 5.41) is 10.0. The van der Waals surface area contributed by atoms with Gasteiger partial charge in [0, 0.05) is 12.1 Å². The van der Waals surface area contributed by atoms with Crippen molar-refractivity contribution in [1.82, 2.24) is 4.90 Å². The first kappa shape index (κ1) is 17.4. The lowest BCUT2D eigenvalue weighted by Gasteiger charge is -2.16. The van der Waals surface area contributed by atoms with Crippen LogP contribution < -0.4 is 4.74 Å². The molecule has 136 valence electrons. The highest BCUT2D eigenvalue weighted by Crippen LogP contribution is 2.35. The number of thioether (sulfide) groups is 1. The maximum atomic E-state index is 12.8. The van der Waals surface area contributed by atoms with E-state index in [-0.39, 0.29) is 11.7 Å². The average molecular weight is 378 g/mol. The number of hydrogen-bond acceptors (Lipinski definition) is 5. The number of rotatable bonds is 3. The molecule has 6 heteroatoms. The van der Waals surface area contributed by atoms with Crippen molar-refractivity contribution in [2.45, 2.75) is 6.92 Å². The first-order valence-electron chi connectivity index (χ1n) is 8.65. The SMILES string of the molecule is CCN1C(=O)/C(=C/C2=Cc3ccccc3OC2)SC1=Nc1ccc(O)cc1. The highest BCUT2D eigenvalue weighted by Gasteiger charge is 2.32. The van der Waals surface area contributed by atoms with Gasteiger partial charge in [-0.3, -0.25) is 9.69 Å². The number of aliphatic imine (C=N–C) groups is 1. The van der Waals surface area contributed by atoms with Gasteiger partial charge in [-0.25, -0.2) is 4.99 Å².